The van der Waals surface area contributed by atoms with Crippen molar-refractivity contribution in [2.75, 3.05) is 19.8 Å². The minimum absolute atomic E-state index is 0.193. The van der Waals surface area contributed by atoms with E-state index >= 15 is 0 Å². The standard InChI is InChI=1S/C12H15ClO3/c1-2-7-15-8-11(14)9-16-12-5-3-10(13)4-6-12/h2-6,11,14H,1,7-9H2. The molecular formula is C12H15ClO3. The van der Waals surface area contributed by atoms with Crippen LogP contribution in [0.15, 0.2) is 36.9 Å². The third-order valence-electron chi connectivity index (χ3n) is 1.80. The van der Waals surface area contributed by atoms with Crippen LogP contribution in [-0.4, -0.2) is 31.0 Å². The summed E-state index contributed by atoms with van der Waals surface area (Å²) in [7, 11) is 0. The fourth-order valence-corrected chi connectivity index (χ4v) is 1.18. The van der Waals surface area contributed by atoms with Gasteiger partial charge in [-0.15, -0.1) is 6.58 Å². The monoisotopic (exact) mass is 242 g/mol. The van der Waals surface area contributed by atoms with E-state index in [1.165, 1.54) is 0 Å². The zero-order chi connectivity index (χ0) is 11.8. The van der Waals surface area contributed by atoms with Gasteiger partial charge in [0.05, 0.1) is 13.2 Å². The van der Waals surface area contributed by atoms with E-state index < -0.39 is 6.10 Å². The molecule has 0 aromatic heterocycles. The maximum atomic E-state index is 9.48. The fourth-order valence-electron chi connectivity index (χ4n) is 1.06. The van der Waals surface area contributed by atoms with Crippen LogP contribution in [0.4, 0.5) is 0 Å². The summed E-state index contributed by atoms with van der Waals surface area (Å²) in [4.78, 5) is 0. The van der Waals surface area contributed by atoms with Gasteiger partial charge in [0.2, 0.25) is 0 Å². The number of rotatable bonds is 7. The van der Waals surface area contributed by atoms with Crippen LogP contribution in [0, 0.1) is 0 Å². The molecule has 0 saturated carbocycles. The smallest absolute Gasteiger partial charge is 0.119 e. The summed E-state index contributed by atoms with van der Waals surface area (Å²) in [6.45, 7) is 4.37. The van der Waals surface area contributed by atoms with Gasteiger partial charge in [-0.25, -0.2) is 0 Å². The van der Waals surface area contributed by atoms with Gasteiger partial charge in [-0.1, -0.05) is 17.7 Å². The van der Waals surface area contributed by atoms with Crippen molar-refractivity contribution < 1.29 is 14.6 Å². The van der Waals surface area contributed by atoms with E-state index in [1.807, 2.05) is 0 Å². The summed E-state index contributed by atoms with van der Waals surface area (Å²) in [5.74, 6) is 0.673. The minimum Gasteiger partial charge on any atom is -0.491 e. The van der Waals surface area contributed by atoms with Crippen LogP contribution in [0.1, 0.15) is 0 Å². The average molecular weight is 243 g/mol. The molecule has 3 nitrogen and oxygen atoms in total. The van der Waals surface area contributed by atoms with Gasteiger partial charge in [-0.3, -0.25) is 0 Å². The third kappa shape index (κ3) is 5.16. The Hall–Kier alpha value is -1.03. The fraction of sp³-hybridized carbons (Fsp3) is 0.333. The molecule has 88 valence electrons. The lowest BCUT2D eigenvalue weighted by Gasteiger charge is -2.12. The van der Waals surface area contributed by atoms with Crippen molar-refractivity contribution in [1.29, 1.82) is 0 Å². The molecule has 1 unspecified atom stereocenters. The lowest BCUT2D eigenvalue weighted by Crippen LogP contribution is -2.23. The van der Waals surface area contributed by atoms with Crippen molar-refractivity contribution >= 4 is 11.6 Å². The molecular weight excluding hydrogens is 228 g/mol. The van der Waals surface area contributed by atoms with Gasteiger partial charge in [0.15, 0.2) is 0 Å². The van der Waals surface area contributed by atoms with Gasteiger partial charge in [-0.05, 0) is 24.3 Å². The predicted molar refractivity (Wildman–Crippen MR) is 64.0 cm³/mol. The number of aliphatic hydroxyl groups is 1. The summed E-state index contributed by atoms with van der Waals surface area (Å²) < 4.78 is 10.4. The topological polar surface area (TPSA) is 38.7 Å². The summed E-state index contributed by atoms with van der Waals surface area (Å²) in [5.41, 5.74) is 0. The first kappa shape index (κ1) is 13.0. The molecule has 0 bridgehead atoms. The van der Waals surface area contributed by atoms with E-state index in [1.54, 1.807) is 30.3 Å². The lowest BCUT2D eigenvalue weighted by molar-refractivity contribution is 0.0214. The summed E-state index contributed by atoms with van der Waals surface area (Å²) >= 11 is 5.72. The number of ether oxygens (including phenoxy) is 2. The van der Waals surface area contributed by atoms with E-state index in [9.17, 15) is 5.11 Å². The SMILES string of the molecule is C=CCOCC(O)COc1ccc(Cl)cc1. The largest absolute Gasteiger partial charge is 0.491 e. The van der Waals surface area contributed by atoms with Crippen molar-refractivity contribution in [3.05, 3.63) is 41.9 Å². The number of aliphatic hydroxyl groups excluding tert-OH is 1. The highest BCUT2D eigenvalue weighted by Gasteiger charge is 2.04. The molecule has 4 heteroatoms. The third-order valence-corrected chi connectivity index (χ3v) is 2.05. The minimum atomic E-state index is -0.643. The average Bonchev–Trinajstić information content (AvgIpc) is 2.29. The summed E-state index contributed by atoms with van der Waals surface area (Å²) in [5, 5.41) is 10.1. The highest BCUT2D eigenvalue weighted by Crippen LogP contribution is 2.15. The molecule has 16 heavy (non-hydrogen) atoms. The van der Waals surface area contributed by atoms with Crippen LogP contribution in [-0.2, 0) is 4.74 Å². The maximum Gasteiger partial charge on any atom is 0.119 e. The van der Waals surface area contributed by atoms with E-state index in [2.05, 4.69) is 6.58 Å². The Labute approximate surface area is 100 Å². The van der Waals surface area contributed by atoms with Crippen LogP contribution in [0.25, 0.3) is 0 Å². The Morgan fingerprint density at radius 1 is 1.31 bits per heavy atom. The number of hydrogen-bond donors (Lipinski definition) is 1. The summed E-state index contributed by atoms with van der Waals surface area (Å²) in [6.07, 6.45) is 0.989. The molecule has 0 aliphatic carbocycles. The van der Waals surface area contributed by atoms with E-state index in [0.29, 0.717) is 17.4 Å². The summed E-state index contributed by atoms with van der Waals surface area (Å²) in [6, 6.07) is 6.97. The van der Waals surface area contributed by atoms with Gasteiger partial charge < -0.3 is 14.6 Å². The Kier molecular flexibility index (Phi) is 5.93. The van der Waals surface area contributed by atoms with Crippen molar-refractivity contribution in [2.24, 2.45) is 0 Å². The van der Waals surface area contributed by atoms with Crippen molar-refractivity contribution in [1.82, 2.24) is 0 Å². The number of hydrogen-bond acceptors (Lipinski definition) is 3. The van der Waals surface area contributed by atoms with Crippen LogP contribution in [0.5, 0.6) is 5.75 Å². The zero-order valence-electron chi connectivity index (χ0n) is 8.93. The first-order valence-electron chi connectivity index (χ1n) is 4.97. The number of halogens is 1. The molecule has 0 amide bonds. The van der Waals surface area contributed by atoms with Crippen LogP contribution < -0.4 is 4.74 Å². The Morgan fingerprint density at radius 2 is 2.00 bits per heavy atom. The zero-order valence-corrected chi connectivity index (χ0v) is 9.69. The number of benzene rings is 1. The Balaban J connectivity index is 2.23. The lowest BCUT2D eigenvalue weighted by atomic mass is 10.3. The molecule has 1 aromatic carbocycles. The second-order valence-corrected chi connectivity index (χ2v) is 3.68. The second kappa shape index (κ2) is 7.28. The molecule has 0 aliphatic rings. The van der Waals surface area contributed by atoms with Gasteiger partial charge in [0.25, 0.3) is 0 Å². The normalized spacial score (nSPS) is 12.1. The predicted octanol–water partition coefficient (Wildman–Crippen LogP) is 2.28. The van der Waals surface area contributed by atoms with Crippen molar-refractivity contribution in [2.45, 2.75) is 6.10 Å². The molecule has 0 aliphatic heterocycles. The van der Waals surface area contributed by atoms with Gasteiger partial charge >= 0.3 is 0 Å². The van der Waals surface area contributed by atoms with Crippen LogP contribution in [0.2, 0.25) is 5.02 Å². The highest BCUT2D eigenvalue weighted by molar-refractivity contribution is 6.30. The van der Waals surface area contributed by atoms with E-state index in [-0.39, 0.29) is 13.2 Å². The van der Waals surface area contributed by atoms with Crippen LogP contribution >= 0.6 is 11.6 Å². The van der Waals surface area contributed by atoms with E-state index in [0.717, 1.165) is 0 Å². The molecule has 0 saturated heterocycles. The molecule has 1 atom stereocenters. The molecule has 1 aromatic rings. The molecule has 1 N–H and O–H groups in total. The first-order chi connectivity index (χ1) is 7.72. The Bertz CT molecular complexity index is 311. The molecule has 1 rings (SSSR count). The first-order valence-corrected chi connectivity index (χ1v) is 5.35. The highest BCUT2D eigenvalue weighted by atomic mass is 35.5. The van der Waals surface area contributed by atoms with Gasteiger partial charge in [0.1, 0.15) is 18.5 Å². The second-order valence-electron chi connectivity index (χ2n) is 3.24. The Morgan fingerprint density at radius 3 is 2.62 bits per heavy atom. The quantitative estimate of drug-likeness (QED) is 0.589. The maximum absolute atomic E-state index is 9.48. The van der Waals surface area contributed by atoms with E-state index in [4.69, 9.17) is 21.1 Å². The van der Waals surface area contributed by atoms with Gasteiger partial charge in [-0.2, -0.15) is 0 Å². The molecule has 0 fully saturated rings. The molecule has 0 spiro atoms. The molecule has 0 radical (unpaired) electrons. The van der Waals surface area contributed by atoms with Gasteiger partial charge in [0, 0.05) is 5.02 Å². The van der Waals surface area contributed by atoms with Crippen LogP contribution in [0.3, 0.4) is 0 Å². The van der Waals surface area contributed by atoms with Crippen molar-refractivity contribution in [3.8, 4) is 5.75 Å². The van der Waals surface area contributed by atoms with Crippen molar-refractivity contribution in [3.63, 3.8) is 0 Å². The molecule has 0 heterocycles.